The minimum Gasteiger partial charge on any atom is -0.360 e. The summed E-state index contributed by atoms with van der Waals surface area (Å²) < 4.78 is 5.63. The van der Waals surface area contributed by atoms with Crippen LogP contribution in [0.25, 0.3) is 0 Å². The van der Waals surface area contributed by atoms with E-state index in [1.54, 1.807) is 30.3 Å². The first kappa shape index (κ1) is 24.0. The fourth-order valence-electron chi connectivity index (χ4n) is 5.12. The SMILES string of the molecule is CC(=O)N1CCCN(c2ncccn2)CCN(C(=O)c2noc3c2CCCCC3)Cc2ccccc21. The van der Waals surface area contributed by atoms with Crippen LogP contribution in [0.1, 0.15) is 60.0 Å². The van der Waals surface area contributed by atoms with Crippen LogP contribution in [-0.4, -0.2) is 58.0 Å². The van der Waals surface area contributed by atoms with Crippen LogP contribution in [0.15, 0.2) is 47.2 Å². The summed E-state index contributed by atoms with van der Waals surface area (Å²) in [6.45, 7) is 4.22. The zero-order chi connectivity index (χ0) is 24.9. The highest BCUT2D eigenvalue weighted by Crippen LogP contribution is 2.27. The van der Waals surface area contributed by atoms with Crippen molar-refractivity contribution in [3.05, 3.63) is 65.3 Å². The van der Waals surface area contributed by atoms with Crippen molar-refractivity contribution in [2.75, 3.05) is 36.0 Å². The second-order valence-electron chi connectivity index (χ2n) is 9.41. The zero-order valence-electron chi connectivity index (χ0n) is 20.7. The van der Waals surface area contributed by atoms with Crippen molar-refractivity contribution in [3.63, 3.8) is 0 Å². The minimum atomic E-state index is -0.140. The molecular formula is C27H32N6O3. The van der Waals surface area contributed by atoms with E-state index in [0.29, 0.717) is 44.4 Å². The summed E-state index contributed by atoms with van der Waals surface area (Å²) >= 11 is 0. The van der Waals surface area contributed by atoms with E-state index in [4.69, 9.17) is 4.52 Å². The third-order valence-corrected chi connectivity index (χ3v) is 7.00. The number of para-hydroxylation sites is 1. The molecule has 1 aliphatic heterocycles. The first-order valence-electron chi connectivity index (χ1n) is 12.8. The predicted molar refractivity (Wildman–Crippen MR) is 136 cm³/mol. The molecule has 2 aliphatic rings. The third kappa shape index (κ3) is 5.10. The Morgan fingerprint density at radius 3 is 2.53 bits per heavy atom. The highest BCUT2D eigenvalue weighted by atomic mass is 16.5. The lowest BCUT2D eigenvalue weighted by Gasteiger charge is -2.27. The largest absolute Gasteiger partial charge is 0.360 e. The average Bonchev–Trinajstić information content (AvgIpc) is 3.13. The molecule has 9 heteroatoms. The Balaban J connectivity index is 1.51. The van der Waals surface area contributed by atoms with E-state index in [1.165, 1.54) is 0 Å². The molecule has 0 fully saturated rings. The Bertz CT molecular complexity index is 1210. The molecule has 9 nitrogen and oxygen atoms in total. The quantitative estimate of drug-likeness (QED) is 0.508. The lowest BCUT2D eigenvalue weighted by Crippen LogP contribution is -2.39. The van der Waals surface area contributed by atoms with Crippen LogP contribution in [0.3, 0.4) is 0 Å². The molecule has 188 valence electrons. The molecule has 0 saturated carbocycles. The van der Waals surface area contributed by atoms with Gasteiger partial charge >= 0.3 is 0 Å². The molecule has 2 amide bonds. The van der Waals surface area contributed by atoms with Gasteiger partial charge in [-0.2, -0.15) is 0 Å². The van der Waals surface area contributed by atoms with Crippen LogP contribution in [0.4, 0.5) is 11.6 Å². The first-order chi connectivity index (χ1) is 17.6. The molecule has 1 aromatic carbocycles. The van der Waals surface area contributed by atoms with Gasteiger partial charge in [0, 0.05) is 69.7 Å². The Kier molecular flexibility index (Phi) is 7.25. The van der Waals surface area contributed by atoms with Crippen molar-refractivity contribution >= 4 is 23.5 Å². The fourth-order valence-corrected chi connectivity index (χ4v) is 5.12. The van der Waals surface area contributed by atoms with E-state index >= 15 is 0 Å². The highest BCUT2D eigenvalue weighted by molar-refractivity contribution is 5.95. The van der Waals surface area contributed by atoms with Crippen LogP contribution >= 0.6 is 0 Å². The highest BCUT2D eigenvalue weighted by Gasteiger charge is 2.29. The van der Waals surface area contributed by atoms with Crippen LogP contribution in [0, 0.1) is 0 Å². The topological polar surface area (TPSA) is 95.7 Å². The molecule has 0 N–H and O–H groups in total. The Morgan fingerprint density at radius 2 is 1.69 bits per heavy atom. The number of anilines is 2. The van der Waals surface area contributed by atoms with Gasteiger partial charge in [0.25, 0.3) is 5.91 Å². The molecule has 3 heterocycles. The van der Waals surface area contributed by atoms with Crippen LogP contribution < -0.4 is 9.80 Å². The molecule has 2 aromatic heterocycles. The van der Waals surface area contributed by atoms with Gasteiger partial charge in [-0.1, -0.05) is 29.8 Å². The van der Waals surface area contributed by atoms with Crippen molar-refractivity contribution < 1.29 is 14.1 Å². The number of rotatable bonds is 2. The number of carbonyl (C=O) groups excluding carboxylic acids is 2. The van der Waals surface area contributed by atoms with Gasteiger partial charge in [0.2, 0.25) is 11.9 Å². The van der Waals surface area contributed by atoms with Gasteiger partial charge in [0.15, 0.2) is 5.69 Å². The number of hydrogen-bond acceptors (Lipinski definition) is 7. The second-order valence-corrected chi connectivity index (χ2v) is 9.41. The molecule has 0 saturated heterocycles. The molecule has 0 radical (unpaired) electrons. The maximum absolute atomic E-state index is 13.9. The lowest BCUT2D eigenvalue weighted by molar-refractivity contribution is -0.116. The second kappa shape index (κ2) is 10.9. The molecule has 3 aromatic rings. The Labute approximate surface area is 211 Å². The van der Waals surface area contributed by atoms with Crippen LogP contribution in [0.2, 0.25) is 0 Å². The number of aromatic nitrogens is 3. The lowest BCUT2D eigenvalue weighted by atomic mass is 10.1. The summed E-state index contributed by atoms with van der Waals surface area (Å²) in [7, 11) is 0. The summed E-state index contributed by atoms with van der Waals surface area (Å²) in [5, 5.41) is 4.24. The van der Waals surface area contributed by atoms with Gasteiger partial charge in [-0.15, -0.1) is 0 Å². The van der Waals surface area contributed by atoms with E-state index < -0.39 is 0 Å². The molecule has 0 bridgehead atoms. The summed E-state index contributed by atoms with van der Waals surface area (Å²) in [5.41, 5.74) is 3.14. The van der Waals surface area contributed by atoms with Gasteiger partial charge in [0.1, 0.15) is 5.76 Å². The van der Waals surface area contributed by atoms with Gasteiger partial charge in [-0.25, -0.2) is 9.97 Å². The number of nitrogens with zero attached hydrogens (tertiary/aromatic N) is 6. The van der Waals surface area contributed by atoms with Gasteiger partial charge in [-0.05, 0) is 43.4 Å². The average molecular weight is 489 g/mol. The number of fused-ring (bicyclic) bond motifs is 2. The number of carbonyl (C=O) groups is 2. The first-order valence-corrected chi connectivity index (χ1v) is 12.8. The van der Waals surface area contributed by atoms with E-state index in [1.807, 2.05) is 29.2 Å². The van der Waals surface area contributed by atoms with Gasteiger partial charge in [0.05, 0.1) is 0 Å². The summed E-state index contributed by atoms with van der Waals surface area (Å²) in [6.07, 6.45) is 9.04. The summed E-state index contributed by atoms with van der Waals surface area (Å²) in [6, 6.07) is 9.62. The van der Waals surface area contributed by atoms with Crippen molar-refractivity contribution in [2.24, 2.45) is 0 Å². The number of benzene rings is 1. The van der Waals surface area contributed by atoms with Gasteiger partial charge < -0.3 is 19.2 Å². The molecular weight excluding hydrogens is 456 g/mol. The number of hydrogen-bond donors (Lipinski definition) is 0. The summed E-state index contributed by atoms with van der Waals surface area (Å²) in [4.78, 5) is 41.2. The molecule has 0 unspecified atom stereocenters. The standard InChI is InChI=1S/C27H32N6O3/c1-20(34)33-16-8-15-31(27-28-13-7-14-29-27)17-18-32(19-21-9-5-6-11-23(21)33)26(35)25-22-10-3-2-4-12-24(22)36-30-25/h5-7,9,11,13-14H,2-4,8,10,12,15-19H2,1H3. The van der Waals surface area contributed by atoms with E-state index in [9.17, 15) is 9.59 Å². The monoisotopic (exact) mass is 488 g/mol. The van der Waals surface area contributed by atoms with E-state index in [-0.39, 0.29) is 11.8 Å². The van der Waals surface area contributed by atoms with Crippen molar-refractivity contribution in [1.82, 2.24) is 20.0 Å². The molecule has 0 atom stereocenters. The molecule has 1 aliphatic carbocycles. The van der Waals surface area contributed by atoms with Gasteiger partial charge in [-0.3, -0.25) is 9.59 Å². The molecule has 36 heavy (non-hydrogen) atoms. The Hall–Kier alpha value is -3.75. The Morgan fingerprint density at radius 1 is 0.889 bits per heavy atom. The summed E-state index contributed by atoms with van der Waals surface area (Å²) in [5.74, 6) is 1.30. The fraction of sp³-hybridized carbons (Fsp3) is 0.444. The van der Waals surface area contributed by atoms with Crippen molar-refractivity contribution in [1.29, 1.82) is 0 Å². The molecule has 5 rings (SSSR count). The third-order valence-electron chi connectivity index (χ3n) is 7.00. The van der Waals surface area contributed by atoms with Crippen LogP contribution in [-0.2, 0) is 24.2 Å². The maximum Gasteiger partial charge on any atom is 0.276 e. The normalized spacial score (nSPS) is 17.0. The number of aryl methyl sites for hydroxylation is 1. The number of amides is 2. The van der Waals surface area contributed by atoms with Crippen molar-refractivity contribution in [3.8, 4) is 0 Å². The minimum absolute atomic E-state index is 0.0242. The van der Waals surface area contributed by atoms with Crippen molar-refractivity contribution in [2.45, 2.75) is 52.0 Å². The zero-order valence-corrected chi connectivity index (χ0v) is 20.7. The maximum atomic E-state index is 13.9. The van der Waals surface area contributed by atoms with E-state index in [2.05, 4.69) is 20.0 Å². The predicted octanol–water partition coefficient (Wildman–Crippen LogP) is 3.64. The molecule has 0 spiro atoms. The van der Waals surface area contributed by atoms with E-state index in [0.717, 1.165) is 61.1 Å². The van der Waals surface area contributed by atoms with Crippen LogP contribution in [0.5, 0.6) is 0 Å². The smallest absolute Gasteiger partial charge is 0.276 e.